The summed E-state index contributed by atoms with van der Waals surface area (Å²) in [6.07, 6.45) is 13.4. The molecule has 22 heavy (non-hydrogen) atoms. The first-order chi connectivity index (χ1) is 10.6. The molecule has 0 amide bonds. The Morgan fingerprint density at radius 2 is 1.45 bits per heavy atom. The van der Waals surface area contributed by atoms with E-state index in [1.54, 1.807) is 12.1 Å². The van der Waals surface area contributed by atoms with E-state index in [4.69, 9.17) is 0 Å². The summed E-state index contributed by atoms with van der Waals surface area (Å²) >= 11 is 0. The molecule has 3 fully saturated rings. The second kappa shape index (κ2) is 5.06. The first kappa shape index (κ1) is 14.7. The zero-order valence-corrected chi connectivity index (χ0v) is 13.4. The van der Waals surface area contributed by atoms with Crippen LogP contribution < -0.4 is 0 Å². The van der Waals surface area contributed by atoms with E-state index in [0.29, 0.717) is 10.8 Å². The zero-order chi connectivity index (χ0) is 15.3. The summed E-state index contributed by atoms with van der Waals surface area (Å²) in [5.74, 6) is -0.123. The molecule has 0 heterocycles. The van der Waals surface area contributed by atoms with Gasteiger partial charge in [0.25, 0.3) is 0 Å². The molecule has 3 aliphatic carbocycles. The van der Waals surface area contributed by atoms with Crippen LogP contribution in [0, 0.1) is 11.2 Å². The van der Waals surface area contributed by atoms with E-state index in [9.17, 15) is 9.50 Å². The highest BCUT2D eigenvalue weighted by atomic mass is 19.1. The van der Waals surface area contributed by atoms with Gasteiger partial charge in [-0.05, 0) is 74.5 Å². The maximum absolute atomic E-state index is 13.2. The average Bonchev–Trinajstić information content (AvgIpc) is 3.34. The topological polar surface area (TPSA) is 20.2 Å². The Balaban J connectivity index is 1.32. The number of halogens is 1. The van der Waals surface area contributed by atoms with Crippen molar-refractivity contribution >= 4 is 0 Å². The van der Waals surface area contributed by atoms with Crippen molar-refractivity contribution in [3.05, 3.63) is 35.6 Å². The fraction of sp³-hybridized carbons (Fsp3) is 0.700. The molecule has 1 aromatic carbocycles. The van der Waals surface area contributed by atoms with Crippen LogP contribution in [0.4, 0.5) is 4.39 Å². The van der Waals surface area contributed by atoms with Gasteiger partial charge >= 0.3 is 0 Å². The van der Waals surface area contributed by atoms with Gasteiger partial charge in [0.05, 0.1) is 5.60 Å². The highest BCUT2D eigenvalue weighted by Crippen LogP contribution is 2.72. The second-order valence-electron chi connectivity index (χ2n) is 8.15. The molecule has 2 heteroatoms. The molecule has 1 N–H and O–H groups in total. The smallest absolute Gasteiger partial charge is 0.123 e. The standard InChI is InChI=1S/C20H27FO/c21-17-6-4-16(5-7-17)20(14-15-20)18(10-11-18)8-2-1-3-9-19(22)12-13-19/h4-7,22H,1-3,8-15H2. The van der Waals surface area contributed by atoms with E-state index in [1.807, 2.05) is 12.1 Å². The summed E-state index contributed by atoms with van der Waals surface area (Å²) in [6, 6.07) is 7.29. The third-order valence-electron chi connectivity index (χ3n) is 6.64. The lowest BCUT2D eigenvalue weighted by atomic mass is 9.76. The van der Waals surface area contributed by atoms with Gasteiger partial charge in [0, 0.05) is 5.41 Å². The van der Waals surface area contributed by atoms with Crippen LogP contribution >= 0.6 is 0 Å². The maximum Gasteiger partial charge on any atom is 0.123 e. The third kappa shape index (κ3) is 2.60. The molecule has 0 bridgehead atoms. The normalized spacial score (nSPS) is 25.7. The predicted molar refractivity (Wildman–Crippen MR) is 86.2 cm³/mol. The van der Waals surface area contributed by atoms with Gasteiger partial charge in [0.15, 0.2) is 0 Å². The lowest BCUT2D eigenvalue weighted by Crippen LogP contribution is -2.22. The van der Waals surface area contributed by atoms with Crippen molar-refractivity contribution in [1.82, 2.24) is 0 Å². The molecule has 0 aliphatic heterocycles. The van der Waals surface area contributed by atoms with E-state index >= 15 is 0 Å². The summed E-state index contributed by atoms with van der Waals surface area (Å²) in [4.78, 5) is 0. The molecule has 0 unspecified atom stereocenters. The van der Waals surface area contributed by atoms with E-state index in [1.165, 1.54) is 56.9 Å². The van der Waals surface area contributed by atoms with Gasteiger partial charge in [-0.25, -0.2) is 4.39 Å². The summed E-state index contributed by atoms with van der Waals surface area (Å²) in [7, 11) is 0. The Labute approximate surface area is 132 Å². The maximum atomic E-state index is 13.2. The minimum Gasteiger partial charge on any atom is -0.390 e. The fourth-order valence-electron chi connectivity index (χ4n) is 4.63. The van der Waals surface area contributed by atoms with Gasteiger partial charge in [0.2, 0.25) is 0 Å². The molecule has 1 nitrogen and oxygen atoms in total. The number of hydrogen-bond donors (Lipinski definition) is 1. The summed E-state index contributed by atoms with van der Waals surface area (Å²) in [5.41, 5.74) is 1.98. The van der Waals surface area contributed by atoms with Crippen molar-refractivity contribution in [2.75, 3.05) is 0 Å². The molecule has 3 saturated carbocycles. The molecular formula is C20H27FO. The number of aliphatic hydroxyl groups is 1. The van der Waals surface area contributed by atoms with Crippen molar-refractivity contribution in [1.29, 1.82) is 0 Å². The van der Waals surface area contributed by atoms with Gasteiger partial charge in [-0.1, -0.05) is 31.4 Å². The molecule has 0 aromatic heterocycles. The Morgan fingerprint density at radius 3 is 2.00 bits per heavy atom. The molecule has 3 aliphatic rings. The van der Waals surface area contributed by atoms with Crippen LogP contribution in [0.5, 0.6) is 0 Å². The van der Waals surface area contributed by atoms with Crippen molar-refractivity contribution in [2.45, 2.75) is 81.6 Å². The minimum atomic E-state index is -0.275. The number of benzene rings is 1. The van der Waals surface area contributed by atoms with E-state index in [-0.39, 0.29) is 11.4 Å². The largest absolute Gasteiger partial charge is 0.390 e. The Morgan fingerprint density at radius 1 is 0.818 bits per heavy atom. The van der Waals surface area contributed by atoms with Crippen LogP contribution in [0.2, 0.25) is 0 Å². The molecule has 0 saturated heterocycles. The molecule has 0 radical (unpaired) electrons. The van der Waals surface area contributed by atoms with Crippen LogP contribution in [0.1, 0.15) is 76.2 Å². The fourth-order valence-corrected chi connectivity index (χ4v) is 4.63. The Kier molecular flexibility index (Phi) is 3.38. The van der Waals surface area contributed by atoms with Gasteiger partial charge in [-0.15, -0.1) is 0 Å². The monoisotopic (exact) mass is 302 g/mol. The molecular weight excluding hydrogens is 275 g/mol. The van der Waals surface area contributed by atoms with Gasteiger partial charge in [-0.3, -0.25) is 0 Å². The van der Waals surface area contributed by atoms with Gasteiger partial charge in [0.1, 0.15) is 5.82 Å². The highest BCUT2D eigenvalue weighted by Gasteiger charge is 2.65. The van der Waals surface area contributed by atoms with Crippen molar-refractivity contribution in [3.63, 3.8) is 0 Å². The van der Waals surface area contributed by atoms with Crippen molar-refractivity contribution in [2.24, 2.45) is 5.41 Å². The Hall–Kier alpha value is -0.890. The van der Waals surface area contributed by atoms with E-state index in [0.717, 1.165) is 19.3 Å². The van der Waals surface area contributed by atoms with Crippen LogP contribution in [0.3, 0.4) is 0 Å². The lowest BCUT2D eigenvalue weighted by Gasteiger charge is -2.28. The Bertz CT molecular complexity index is 535. The number of rotatable bonds is 8. The van der Waals surface area contributed by atoms with E-state index < -0.39 is 0 Å². The lowest BCUT2D eigenvalue weighted by molar-refractivity contribution is 0.136. The molecule has 0 atom stereocenters. The van der Waals surface area contributed by atoms with Crippen molar-refractivity contribution in [3.8, 4) is 0 Å². The molecule has 0 spiro atoms. The minimum absolute atomic E-state index is 0.123. The zero-order valence-electron chi connectivity index (χ0n) is 13.4. The van der Waals surface area contributed by atoms with Crippen LogP contribution in [-0.2, 0) is 5.41 Å². The van der Waals surface area contributed by atoms with Crippen LogP contribution in [0.15, 0.2) is 24.3 Å². The summed E-state index contributed by atoms with van der Waals surface area (Å²) in [5, 5.41) is 9.88. The SMILES string of the molecule is OC1(CCCCCC2(C3(c4ccc(F)cc4)CC3)CC2)CC1. The van der Waals surface area contributed by atoms with Gasteiger partial charge in [-0.2, -0.15) is 0 Å². The number of hydrogen-bond acceptors (Lipinski definition) is 1. The number of unbranched alkanes of at least 4 members (excludes halogenated alkanes) is 2. The quantitative estimate of drug-likeness (QED) is 0.661. The second-order valence-corrected chi connectivity index (χ2v) is 8.15. The third-order valence-corrected chi connectivity index (χ3v) is 6.64. The first-order valence-corrected chi connectivity index (χ1v) is 9.06. The van der Waals surface area contributed by atoms with Crippen LogP contribution in [-0.4, -0.2) is 10.7 Å². The van der Waals surface area contributed by atoms with E-state index in [2.05, 4.69) is 0 Å². The summed E-state index contributed by atoms with van der Waals surface area (Å²) < 4.78 is 13.2. The molecule has 1 aromatic rings. The summed E-state index contributed by atoms with van der Waals surface area (Å²) in [6.45, 7) is 0. The first-order valence-electron chi connectivity index (χ1n) is 9.06. The molecule has 120 valence electrons. The van der Waals surface area contributed by atoms with Crippen LogP contribution in [0.25, 0.3) is 0 Å². The highest BCUT2D eigenvalue weighted by molar-refractivity contribution is 5.37. The average molecular weight is 302 g/mol. The molecule has 4 rings (SSSR count). The van der Waals surface area contributed by atoms with Crippen molar-refractivity contribution < 1.29 is 9.50 Å². The van der Waals surface area contributed by atoms with Gasteiger partial charge < -0.3 is 5.11 Å². The predicted octanol–water partition coefficient (Wildman–Crippen LogP) is 5.11.